The largest absolute Gasteiger partial charge is 0.497 e. The number of fused-ring (bicyclic) bond motifs is 1. The van der Waals surface area contributed by atoms with Crippen LogP contribution in [0.15, 0.2) is 36.4 Å². The van der Waals surface area contributed by atoms with Crippen LogP contribution in [-0.2, 0) is 6.54 Å². The van der Waals surface area contributed by atoms with E-state index >= 15 is 0 Å². The lowest BCUT2D eigenvalue weighted by molar-refractivity contribution is 0.188. The first-order valence-electron chi connectivity index (χ1n) is 7.75. The van der Waals surface area contributed by atoms with Crippen LogP contribution in [0, 0.1) is 0 Å². The Morgan fingerprint density at radius 1 is 1.18 bits per heavy atom. The van der Waals surface area contributed by atoms with Gasteiger partial charge >= 0.3 is 0 Å². The van der Waals surface area contributed by atoms with Crippen LogP contribution in [0.4, 0.5) is 0 Å². The highest BCUT2D eigenvalue weighted by Gasteiger charge is 2.18. The third-order valence-electron chi connectivity index (χ3n) is 4.43. The molecule has 0 aromatic heterocycles. The second kappa shape index (κ2) is 7.82. The maximum absolute atomic E-state index is 5.28. The van der Waals surface area contributed by atoms with Gasteiger partial charge in [0.05, 0.1) is 7.11 Å². The Labute approximate surface area is 139 Å². The van der Waals surface area contributed by atoms with Crippen LogP contribution in [0.25, 0.3) is 10.8 Å². The Morgan fingerprint density at radius 2 is 1.95 bits per heavy atom. The molecule has 0 amide bonds. The Balaban J connectivity index is 0.00000176. The van der Waals surface area contributed by atoms with Crippen molar-refractivity contribution in [3.63, 3.8) is 0 Å². The van der Waals surface area contributed by atoms with Gasteiger partial charge in [-0.25, -0.2) is 0 Å². The molecular weight excluding hydrogens is 296 g/mol. The molecular formula is C18H25ClN2O. The molecule has 4 heteroatoms. The summed E-state index contributed by atoms with van der Waals surface area (Å²) < 4.78 is 5.28. The summed E-state index contributed by atoms with van der Waals surface area (Å²) in [7, 11) is 3.78. The number of nitrogens with zero attached hydrogens (tertiary/aromatic N) is 1. The molecule has 0 bridgehead atoms. The zero-order chi connectivity index (χ0) is 14.7. The topological polar surface area (TPSA) is 24.5 Å². The number of nitrogens with one attached hydrogen (secondary N) is 1. The number of likely N-dealkylation sites (tertiary alicyclic amines) is 1. The quantitative estimate of drug-likeness (QED) is 0.933. The Kier molecular flexibility index (Phi) is 6.07. The summed E-state index contributed by atoms with van der Waals surface area (Å²) in [5.74, 6) is 0.920. The van der Waals surface area contributed by atoms with Crippen molar-refractivity contribution in [1.29, 1.82) is 0 Å². The number of benzene rings is 2. The van der Waals surface area contributed by atoms with Crippen molar-refractivity contribution in [1.82, 2.24) is 10.2 Å². The average molecular weight is 321 g/mol. The number of hydrogen-bond acceptors (Lipinski definition) is 3. The van der Waals surface area contributed by atoms with Gasteiger partial charge in [-0.05, 0) is 61.0 Å². The molecule has 3 rings (SSSR count). The Morgan fingerprint density at radius 3 is 2.73 bits per heavy atom. The van der Waals surface area contributed by atoms with Gasteiger partial charge in [-0.15, -0.1) is 12.4 Å². The molecule has 1 unspecified atom stereocenters. The van der Waals surface area contributed by atoms with E-state index in [-0.39, 0.29) is 12.4 Å². The number of likely N-dealkylation sites (N-methyl/N-ethyl adjacent to an activating group) is 1. The molecule has 1 aliphatic rings. The van der Waals surface area contributed by atoms with E-state index in [1.165, 1.54) is 35.7 Å². The minimum atomic E-state index is 0. The van der Waals surface area contributed by atoms with Crippen LogP contribution < -0.4 is 10.1 Å². The van der Waals surface area contributed by atoms with E-state index in [4.69, 9.17) is 4.74 Å². The van der Waals surface area contributed by atoms with Crippen LogP contribution in [-0.4, -0.2) is 38.2 Å². The fraction of sp³-hybridized carbons (Fsp3) is 0.444. The minimum Gasteiger partial charge on any atom is -0.497 e. The summed E-state index contributed by atoms with van der Waals surface area (Å²) in [4.78, 5) is 2.55. The standard InChI is InChI=1S/C18H24N2O.ClH/c1-19-17-4-3-9-20(13-17)12-14-5-6-16-11-18(21-2)8-7-15(16)10-14;/h5-8,10-11,17,19H,3-4,9,12-13H2,1-2H3;1H. The summed E-state index contributed by atoms with van der Waals surface area (Å²) in [5, 5.41) is 5.93. The van der Waals surface area contributed by atoms with Gasteiger partial charge in [-0.2, -0.15) is 0 Å². The van der Waals surface area contributed by atoms with E-state index in [0.29, 0.717) is 6.04 Å². The smallest absolute Gasteiger partial charge is 0.119 e. The average Bonchev–Trinajstić information content (AvgIpc) is 2.54. The molecule has 1 fully saturated rings. The first kappa shape index (κ1) is 17.1. The van der Waals surface area contributed by atoms with Gasteiger partial charge in [0, 0.05) is 19.1 Å². The summed E-state index contributed by atoms with van der Waals surface area (Å²) >= 11 is 0. The number of halogens is 1. The van der Waals surface area contributed by atoms with Crippen molar-refractivity contribution in [3.8, 4) is 5.75 Å². The van der Waals surface area contributed by atoms with Crippen molar-refractivity contribution in [3.05, 3.63) is 42.0 Å². The Bertz CT molecular complexity index is 617. The first-order valence-corrected chi connectivity index (χ1v) is 7.75. The molecule has 22 heavy (non-hydrogen) atoms. The van der Waals surface area contributed by atoms with Crippen molar-refractivity contribution in [2.45, 2.75) is 25.4 Å². The number of hydrogen-bond donors (Lipinski definition) is 1. The fourth-order valence-electron chi connectivity index (χ4n) is 3.19. The molecule has 1 heterocycles. The molecule has 1 saturated heterocycles. The van der Waals surface area contributed by atoms with E-state index < -0.39 is 0 Å². The number of methoxy groups -OCH3 is 1. The predicted molar refractivity (Wildman–Crippen MR) is 95.1 cm³/mol. The van der Waals surface area contributed by atoms with Crippen molar-refractivity contribution >= 4 is 23.2 Å². The minimum absolute atomic E-state index is 0. The third-order valence-corrected chi connectivity index (χ3v) is 4.43. The van der Waals surface area contributed by atoms with Crippen molar-refractivity contribution < 1.29 is 4.74 Å². The Hall–Kier alpha value is -1.29. The van der Waals surface area contributed by atoms with Crippen LogP contribution in [0.2, 0.25) is 0 Å². The summed E-state index contributed by atoms with van der Waals surface area (Å²) in [6.45, 7) is 3.40. The first-order chi connectivity index (χ1) is 10.3. The number of ether oxygens (including phenoxy) is 1. The SMILES string of the molecule is CNC1CCCN(Cc2ccc3cc(OC)ccc3c2)C1.Cl. The molecule has 0 spiro atoms. The van der Waals surface area contributed by atoms with Gasteiger partial charge in [0.1, 0.15) is 5.75 Å². The lowest BCUT2D eigenvalue weighted by atomic mass is 10.0. The van der Waals surface area contributed by atoms with Crippen molar-refractivity contribution in [2.75, 3.05) is 27.2 Å². The van der Waals surface area contributed by atoms with Gasteiger partial charge in [-0.3, -0.25) is 4.90 Å². The molecule has 3 nitrogen and oxygen atoms in total. The predicted octanol–water partition coefficient (Wildman–Crippen LogP) is 3.45. The number of rotatable bonds is 4. The summed E-state index contributed by atoms with van der Waals surface area (Å²) in [6, 6.07) is 13.7. The van der Waals surface area contributed by atoms with Crippen LogP contribution in [0.5, 0.6) is 5.75 Å². The van der Waals surface area contributed by atoms with Gasteiger partial charge in [0.2, 0.25) is 0 Å². The highest BCUT2D eigenvalue weighted by molar-refractivity contribution is 5.85. The number of piperidine rings is 1. The third kappa shape index (κ3) is 3.92. The normalized spacial score (nSPS) is 18.9. The molecule has 0 saturated carbocycles. The maximum atomic E-state index is 5.28. The van der Waals surface area contributed by atoms with E-state index in [9.17, 15) is 0 Å². The highest BCUT2D eigenvalue weighted by atomic mass is 35.5. The van der Waals surface area contributed by atoms with Gasteiger partial charge < -0.3 is 10.1 Å². The second-order valence-corrected chi connectivity index (χ2v) is 5.91. The molecule has 0 aliphatic carbocycles. The molecule has 2 aromatic carbocycles. The van der Waals surface area contributed by atoms with Gasteiger partial charge in [-0.1, -0.05) is 18.2 Å². The van der Waals surface area contributed by atoms with Crippen LogP contribution in [0.1, 0.15) is 18.4 Å². The fourth-order valence-corrected chi connectivity index (χ4v) is 3.19. The monoisotopic (exact) mass is 320 g/mol. The van der Waals surface area contributed by atoms with Crippen molar-refractivity contribution in [2.24, 2.45) is 0 Å². The molecule has 0 radical (unpaired) electrons. The zero-order valence-corrected chi connectivity index (χ0v) is 14.2. The molecule has 1 atom stereocenters. The van der Waals surface area contributed by atoms with E-state index in [1.54, 1.807) is 7.11 Å². The molecule has 1 aliphatic heterocycles. The van der Waals surface area contributed by atoms with E-state index in [2.05, 4.69) is 47.6 Å². The summed E-state index contributed by atoms with van der Waals surface area (Å²) in [5.41, 5.74) is 1.39. The van der Waals surface area contributed by atoms with Gasteiger partial charge in [0.25, 0.3) is 0 Å². The zero-order valence-electron chi connectivity index (χ0n) is 13.3. The van der Waals surface area contributed by atoms with E-state index in [0.717, 1.165) is 18.8 Å². The molecule has 2 aromatic rings. The van der Waals surface area contributed by atoms with Crippen LogP contribution >= 0.6 is 12.4 Å². The lowest BCUT2D eigenvalue weighted by Crippen LogP contribution is -2.43. The lowest BCUT2D eigenvalue weighted by Gasteiger charge is -2.32. The molecule has 120 valence electrons. The van der Waals surface area contributed by atoms with Crippen LogP contribution in [0.3, 0.4) is 0 Å². The summed E-state index contributed by atoms with van der Waals surface area (Å²) in [6.07, 6.45) is 2.58. The van der Waals surface area contributed by atoms with Gasteiger partial charge in [0.15, 0.2) is 0 Å². The second-order valence-electron chi connectivity index (χ2n) is 5.91. The molecule has 1 N–H and O–H groups in total. The highest BCUT2D eigenvalue weighted by Crippen LogP contribution is 2.23. The maximum Gasteiger partial charge on any atom is 0.119 e. The van der Waals surface area contributed by atoms with E-state index in [1.807, 2.05) is 6.07 Å².